The van der Waals surface area contributed by atoms with Crippen molar-refractivity contribution in [1.82, 2.24) is 10.3 Å². The Bertz CT molecular complexity index is 958. The molecule has 0 atom stereocenters. The minimum absolute atomic E-state index is 0.00721. The molecule has 27 heavy (non-hydrogen) atoms. The summed E-state index contributed by atoms with van der Waals surface area (Å²) < 4.78 is 0. The lowest BCUT2D eigenvalue weighted by Gasteiger charge is -2.22. The van der Waals surface area contributed by atoms with Crippen LogP contribution < -0.4 is 5.32 Å². The molecule has 2 N–H and O–H groups in total. The van der Waals surface area contributed by atoms with Crippen molar-refractivity contribution in [3.63, 3.8) is 0 Å². The highest BCUT2D eigenvalue weighted by molar-refractivity contribution is 7.99. The van der Waals surface area contributed by atoms with E-state index < -0.39 is 0 Å². The van der Waals surface area contributed by atoms with Gasteiger partial charge in [-0.05, 0) is 55.7 Å². The van der Waals surface area contributed by atoms with E-state index >= 15 is 0 Å². The van der Waals surface area contributed by atoms with Gasteiger partial charge in [-0.2, -0.15) is 0 Å². The van der Waals surface area contributed by atoms with Crippen LogP contribution in [-0.4, -0.2) is 16.9 Å². The zero-order valence-electron chi connectivity index (χ0n) is 15.3. The number of carbonyl (C=O) groups excluding carboxylic acids is 1. The minimum Gasteiger partial charge on any atom is -0.350 e. The van der Waals surface area contributed by atoms with Crippen molar-refractivity contribution in [2.24, 2.45) is 0 Å². The highest BCUT2D eigenvalue weighted by Gasteiger charge is 2.22. The standard InChI is InChI=1S/C22H23ClN2OS/c1-14-7-12-18-19(13-14)25-20(22(26)24-16-5-3-2-4-6-16)21(18)27-17-10-8-15(23)9-11-17/h7-13,16,25H,2-6H2,1H3,(H,24,26). The Balaban J connectivity index is 1.69. The molecule has 0 aliphatic heterocycles. The van der Waals surface area contributed by atoms with E-state index in [0.717, 1.165) is 33.5 Å². The van der Waals surface area contributed by atoms with Gasteiger partial charge < -0.3 is 10.3 Å². The molecule has 3 aromatic rings. The fourth-order valence-electron chi connectivity index (χ4n) is 3.68. The second-order valence-electron chi connectivity index (χ2n) is 7.24. The SMILES string of the molecule is Cc1ccc2c(Sc3ccc(Cl)cc3)c(C(=O)NC3CCCCC3)[nH]c2c1. The molecule has 2 aromatic carbocycles. The van der Waals surface area contributed by atoms with E-state index in [-0.39, 0.29) is 11.9 Å². The largest absolute Gasteiger partial charge is 0.350 e. The number of aryl methyl sites for hydroxylation is 1. The summed E-state index contributed by atoms with van der Waals surface area (Å²) in [5.74, 6) is -0.00721. The molecular weight excluding hydrogens is 376 g/mol. The molecule has 1 saturated carbocycles. The number of aromatic nitrogens is 1. The van der Waals surface area contributed by atoms with Crippen LogP contribution in [0.5, 0.6) is 0 Å². The first-order valence-corrected chi connectivity index (χ1v) is 10.7. The van der Waals surface area contributed by atoms with Crippen LogP contribution in [0.1, 0.15) is 48.2 Å². The van der Waals surface area contributed by atoms with Crippen LogP contribution in [0.25, 0.3) is 10.9 Å². The molecule has 5 heteroatoms. The van der Waals surface area contributed by atoms with Crippen LogP contribution in [0.15, 0.2) is 52.3 Å². The molecule has 1 amide bonds. The summed E-state index contributed by atoms with van der Waals surface area (Å²) in [5.41, 5.74) is 2.83. The highest BCUT2D eigenvalue weighted by Crippen LogP contribution is 2.37. The van der Waals surface area contributed by atoms with Gasteiger partial charge in [-0.1, -0.05) is 54.8 Å². The molecular formula is C22H23ClN2OS. The number of H-pyrrole nitrogens is 1. The predicted molar refractivity (Wildman–Crippen MR) is 113 cm³/mol. The highest BCUT2D eigenvalue weighted by atomic mass is 35.5. The molecule has 0 spiro atoms. The lowest BCUT2D eigenvalue weighted by atomic mass is 9.95. The van der Waals surface area contributed by atoms with E-state index in [4.69, 9.17) is 11.6 Å². The molecule has 140 valence electrons. The fourth-order valence-corrected chi connectivity index (χ4v) is 4.84. The van der Waals surface area contributed by atoms with Gasteiger partial charge in [0, 0.05) is 26.9 Å². The third-order valence-corrected chi connectivity index (χ3v) is 6.50. The molecule has 0 bridgehead atoms. The van der Waals surface area contributed by atoms with Crippen molar-refractivity contribution in [3.05, 3.63) is 58.7 Å². The summed E-state index contributed by atoms with van der Waals surface area (Å²) in [6.07, 6.45) is 5.82. The lowest BCUT2D eigenvalue weighted by molar-refractivity contribution is 0.0920. The normalized spacial score (nSPS) is 15.2. The first-order valence-electron chi connectivity index (χ1n) is 9.47. The van der Waals surface area contributed by atoms with Crippen molar-refractivity contribution in [3.8, 4) is 0 Å². The second kappa shape index (κ2) is 7.99. The van der Waals surface area contributed by atoms with Crippen molar-refractivity contribution < 1.29 is 4.79 Å². The Hall–Kier alpha value is -1.91. The number of nitrogens with one attached hydrogen (secondary N) is 2. The van der Waals surface area contributed by atoms with E-state index in [1.807, 2.05) is 24.3 Å². The van der Waals surface area contributed by atoms with Gasteiger partial charge in [0.15, 0.2) is 0 Å². The van der Waals surface area contributed by atoms with Gasteiger partial charge in [-0.15, -0.1) is 0 Å². The third-order valence-electron chi connectivity index (χ3n) is 5.11. The second-order valence-corrected chi connectivity index (χ2v) is 8.76. The summed E-state index contributed by atoms with van der Waals surface area (Å²) in [5, 5.41) is 5.03. The van der Waals surface area contributed by atoms with Gasteiger partial charge >= 0.3 is 0 Å². The Morgan fingerprint density at radius 3 is 2.59 bits per heavy atom. The molecule has 1 fully saturated rings. The zero-order valence-corrected chi connectivity index (χ0v) is 16.9. The Morgan fingerprint density at radius 1 is 1.11 bits per heavy atom. The smallest absolute Gasteiger partial charge is 0.269 e. The molecule has 0 radical (unpaired) electrons. The van der Waals surface area contributed by atoms with Crippen molar-refractivity contribution >= 4 is 40.2 Å². The monoisotopic (exact) mass is 398 g/mol. The molecule has 4 rings (SSSR count). The van der Waals surface area contributed by atoms with Gasteiger partial charge in [0.2, 0.25) is 0 Å². The van der Waals surface area contributed by atoms with E-state index in [2.05, 4.69) is 35.4 Å². The Kier molecular flexibility index (Phi) is 5.46. The molecule has 0 saturated heterocycles. The van der Waals surface area contributed by atoms with E-state index in [1.54, 1.807) is 11.8 Å². The number of amides is 1. The average Bonchev–Trinajstić information content (AvgIpc) is 3.02. The molecule has 0 unspecified atom stereocenters. The van der Waals surface area contributed by atoms with E-state index in [0.29, 0.717) is 10.7 Å². The van der Waals surface area contributed by atoms with Crippen LogP contribution in [0.4, 0.5) is 0 Å². The van der Waals surface area contributed by atoms with Crippen molar-refractivity contribution in [2.45, 2.75) is 54.9 Å². The van der Waals surface area contributed by atoms with Crippen molar-refractivity contribution in [2.75, 3.05) is 0 Å². The summed E-state index contributed by atoms with van der Waals surface area (Å²) in [6, 6.07) is 14.3. The summed E-state index contributed by atoms with van der Waals surface area (Å²) >= 11 is 7.62. The van der Waals surface area contributed by atoms with Gasteiger partial charge in [-0.3, -0.25) is 4.79 Å². The number of fused-ring (bicyclic) bond motifs is 1. The van der Waals surface area contributed by atoms with Crippen LogP contribution in [-0.2, 0) is 0 Å². The maximum Gasteiger partial charge on any atom is 0.269 e. The van der Waals surface area contributed by atoms with Gasteiger partial charge in [0.1, 0.15) is 5.69 Å². The number of aromatic amines is 1. The Labute approximate surface area is 168 Å². The number of carbonyl (C=O) groups is 1. The summed E-state index contributed by atoms with van der Waals surface area (Å²) in [7, 11) is 0. The fraction of sp³-hybridized carbons (Fsp3) is 0.318. The molecule has 1 aromatic heterocycles. The zero-order chi connectivity index (χ0) is 18.8. The topological polar surface area (TPSA) is 44.9 Å². The van der Waals surface area contributed by atoms with Crippen LogP contribution in [0, 0.1) is 6.92 Å². The average molecular weight is 399 g/mol. The quantitative estimate of drug-likeness (QED) is 0.538. The number of rotatable bonds is 4. The first-order chi connectivity index (χ1) is 13.1. The lowest BCUT2D eigenvalue weighted by Crippen LogP contribution is -2.36. The molecule has 1 heterocycles. The Morgan fingerprint density at radius 2 is 1.85 bits per heavy atom. The van der Waals surface area contributed by atoms with Crippen LogP contribution >= 0.6 is 23.4 Å². The minimum atomic E-state index is -0.00721. The van der Waals surface area contributed by atoms with E-state index in [1.165, 1.54) is 24.8 Å². The van der Waals surface area contributed by atoms with Gasteiger partial charge in [0.25, 0.3) is 5.91 Å². The van der Waals surface area contributed by atoms with E-state index in [9.17, 15) is 4.79 Å². The molecule has 1 aliphatic rings. The number of hydrogen-bond donors (Lipinski definition) is 2. The van der Waals surface area contributed by atoms with Crippen LogP contribution in [0.3, 0.4) is 0 Å². The van der Waals surface area contributed by atoms with Crippen molar-refractivity contribution in [1.29, 1.82) is 0 Å². The summed E-state index contributed by atoms with van der Waals surface area (Å²) in [4.78, 5) is 18.5. The summed E-state index contributed by atoms with van der Waals surface area (Å²) in [6.45, 7) is 2.06. The van der Waals surface area contributed by atoms with Gasteiger partial charge in [0.05, 0.1) is 4.90 Å². The maximum atomic E-state index is 13.1. The van der Waals surface area contributed by atoms with Gasteiger partial charge in [-0.25, -0.2) is 0 Å². The number of halogens is 1. The van der Waals surface area contributed by atoms with Crippen LogP contribution in [0.2, 0.25) is 5.02 Å². The number of benzene rings is 2. The third kappa shape index (κ3) is 4.17. The number of hydrogen-bond acceptors (Lipinski definition) is 2. The first kappa shape index (κ1) is 18.5. The molecule has 3 nitrogen and oxygen atoms in total. The maximum absolute atomic E-state index is 13.1. The molecule has 1 aliphatic carbocycles. The predicted octanol–water partition coefficient (Wildman–Crippen LogP) is 6.34.